The Morgan fingerprint density at radius 3 is 3.00 bits per heavy atom. The Balaban J connectivity index is 2.66. The van der Waals surface area contributed by atoms with Gasteiger partial charge in [-0.05, 0) is 23.9 Å². The number of nitriles is 1. The predicted molar refractivity (Wildman–Crippen MR) is 55.8 cm³/mol. The number of thiophene rings is 1. The van der Waals surface area contributed by atoms with Gasteiger partial charge in [0.2, 0.25) is 0 Å². The van der Waals surface area contributed by atoms with E-state index in [2.05, 4.69) is 6.07 Å². The fourth-order valence-corrected chi connectivity index (χ4v) is 2.47. The molecule has 0 aliphatic carbocycles. The summed E-state index contributed by atoms with van der Waals surface area (Å²) in [5.41, 5.74) is 0.655. The third-order valence-electron chi connectivity index (χ3n) is 2.12. The Hall–Kier alpha value is -1.40. The molecule has 0 bridgehead atoms. The van der Waals surface area contributed by atoms with Crippen LogP contribution in [0.4, 0.5) is 4.39 Å². The van der Waals surface area contributed by atoms with Crippen molar-refractivity contribution < 1.29 is 4.39 Å². The minimum atomic E-state index is -0.156. The molecule has 0 saturated carbocycles. The molecule has 0 fully saturated rings. The first-order valence-corrected chi connectivity index (χ1v) is 5.08. The average molecular weight is 205 g/mol. The van der Waals surface area contributed by atoms with E-state index in [-0.39, 0.29) is 5.82 Å². The summed E-state index contributed by atoms with van der Waals surface area (Å²) in [5, 5.41) is 9.42. The van der Waals surface area contributed by atoms with Gasteiger partial charge in [-0.2, -0.15) is 5.26 Å². The largest absolute Gasteiger partial charge is 0.205 e. The predicted octanol–water partition coefficient (Wildman–Crippen LogP) is 3.41. The van der Waals surface area contributed by atoms with Gasteiger partial charge in [0, 0.05) is 4.88 Å². The van der Waals surface area contributed by atoms with Gasteiger partial charge in [0.15, 0.2) is 0 Å². The first-order valence-electron chi connectivity index (χ1n) is 4.27. The molecule has 1 aromatic heterocycles. The summed E-state index contributed by atoms with van der Waals surface area (Å²) in [7, 11) is 0. The Labute approximate surface area is 85.4 Å². The quantitative estimate of drug-likeness (QED) is 0.699. The third-order valence-corrected chi connectivity index (χ3v) is 3.27. The highest BCUT2D eigenvalue weighted by atomic mass is 32.1. The zero-order chi connectivity index (χ0) is 10.1. The summed E-state index contributed by atoms with van der Waals surface area (Å²) in [6.45, 7) is 1.75. The molecule has 3 heteroatoms. The summed E-state index contributed by atoms with van der Waals surface area (Å²) < 4.78 is 14.2. The lowest BCUT2D eigenvalue weighted by Gasteiger charge is -1.95. The minimum Gasteiger partial charge on any atom is -0.205 e. The number of aryl methyl sites for hydroxylation is 1. The fraction of sp³-hybridized carbons (Fsp3) is 0.182. The van der Waals surface area contributed by atoms with Crippen molar-refractivity contribution in [3.8, 4) is 6.07 Å². The summed E-state index contributed by atoms with van der Waals surface area (Å²) in [4.78, 5) is 0.923. The molecule has 0 radical (unpaired) electrons. The highest BCUT2D eigenvalue weighted by Crippen LogP contribution is 2.29. The van der Waals surface area contributed by atoms with Gasteiger partial charge in [0.25, 0.3) is 0 Å². The van der Waals surface area contributed by atoms with Crippen LogP contribution in [-0.4, -0.2) is 0 Å². The Morgan fingerprint density at radius 1 is 1.50 bits per heavy atom. The molecule has 70 valence electrons. The average Bonchev–Trinajstić information content (AvgIpc) is 2.56. The number of hydrogen-bond acceptors (Lipinski definition) is 2. The number of rotatable bonds is 1. The van der Waals surface area contributed by atoms with Crippen molar-refractivity contribution in [2.75, 3.05) is 0 Å². The van der Waals surface area contributed by atoms with Crippen molar-refractivity contribution in [2.24, 2.45) is 0 Å². The monoisotopic (exact) mass is 205 g/mol. The second kappa shape index (κ2) is 3.39. The van der Waals surface area contributed by atoms with Gasteiger partial charge in [-0.15, -0.1) is 11.3 Å². The lowest BCUT2D eigenvalue weighted by atomic mass is 10.2. The van der Waals surface area contributed by atoms with Crippen LogP contribution in [0.25, 0.3) is 10.1 Å². The summed E-state index contributed by atoms with van der Waals surface area (Å²) >= 11 is 1.37. The van der Waals surface area contributed by atoms with Gasteiger partial charge in [0.05, 0.1) is 17.2 Å². The van der Waals surface area contributed by atoms with Gasteiger partial charge in [0.1, 0.15) is 5.82 Å². The summed E-state index contributed by atoms with van der Waals surface area (Å²) in [6.07, 6.45) is 0.359. The molecular weight excluding hydrogens is 197 g/mol. The van der Waals surface area contributed by atoms with Crippen molar-refractivity contribution in [3.63, 3.8) is 0 Å². The highest BCUT2D eigenvalue weighted by molar-refractivity contribution is 7.19. The van der Waals surface area contributed by atoms with E-state index in [1.165, 1.54) is 11.3 Å². The van der Waals surface area contributed by atoms with Crippen LogP contribution in [0.5, 0.6) is 0 Å². The maximum absolute atomic E-state index is 13.6. The standard InChI is InChI=1S/C11H8FNS/c1-7-2-3-8-6-9(4-5-13)14-11(8)10(7)12/h2-3,6H,4H2,1H3. The second-order valence-corrected chi connectivity index (χ2v) is 4.30. The van der Waals surface area contributed by atoms with Crippen LogP contribution >= 0.6 is 11.3 Å². The first-order chi connectivity index (χ1) is 6.72. The van der Waals surface area contributed by atoms with E-state index in [0.717, 1.165) is 10.3 Å². The fourth-order valence-electron chi connectivity index (χ4n) is 1.39. The van der Waals surface area contributed by atoms with E-state index in [1.54, 1.807) is 13.0 Å². The van der Waals surface area contributed by atoms with Crippen molar-refractivity contribution in [1.82, 2.24) is 0 Å². The van der Waals surface area contributed by atoms with Gasteiger partial charge in [-0.3, -0.25) is 0 Å². The zero-order valence-corrected chi connectivity index (χ0v) is 8.49. The van der Waals surface area contributed by atoms with Gasteiger partial charge >= 0.3 is 0 Å². The van der Waals surface area contributed by atoms with Crippen LogP contribution in [0, 0.1) is 24.1 Å². The number of halogens is 1. The highest BCUT2D eigenvalue weighted by Gasteiger charge is 2.07. The molecule has 0 aliphatic heterocycles. The van der Waals surface area contributed by atoms with Crippen molar-refractivity contribution in [1.29, 1.82) is 5.26 Å². The normalized spacial score (nSPS) is 10.4. The van der Waals surface area contributed by atoms with Crippen molar-refractivity contribution >= 4 is 21.4 Å². The molecule has 0 spiro atoms. The Morgan fingerprint density at radius 2 is 2.29 bits per heavy atom. The zero-order valence-electron chi connectivity index (χ0n) is 7.67. The molecule has 0 atom stereocenters. The van der Waals surface area contributed by atoms with Crippen LogP contribution < -0.4 is 0 Å². The van der Waals surface area contributed by atoms with Crippen molar-refractivity contribution in [3.05, 3.63) is 34.5 Å². The number of fused-ring (bicyclic) bond motifs is 1. The van der Waals surface area contributed by atoms with Crippen molar-refractivity contribution in [2.45, 2.75) is 13.3 Å². The maximum Gasteiger partial charge on any atom is 0.143 e. The molecule has 0 amide bonds. The second-order valence-electron chi connectivity index (χ2n) is 3.16. The number of nitrogens with zero attached hydrogens (tertiary/aromatic N) is 1. The third kappa shape index (κ3) is 1.38. The van der Waals surface area contributed by atoms with Crippen LogP contribution in [0.1, 0.15) is 10.4 Å². The molecule has 0 N–H and O–H groups in total. The van der Waals surface area contributed by atoms with Crippen LogP contribution in [0.2, 0.25) is 0 Å². The first kappa shape index (κ1) is 9.17. The molecule has 1 aromatic carbocycles. The topological polar surface area (TPSA) is 23.8 Å². The number of benzene rings is 1. The van der Waals surface area contributed by atoms with Gasteiger partial charge < -0.3 is 0 Å². The Bertz CT molecular complexity index is 522. The summed E-state index contributed by atoms with van der Waals surface area (Å²) in [5.74, 6) is -0.156. The van der Waals surface area contributed by atoms with Crippen LogP contribution in [0.3, 0.4) is 0 Å². The van der Waals surface area contributed by atoms with E-state index in [4.69, 9.17) is 5.26 Å². The van der Waals surface area contributed by atoms with Gasteiger partial charge in [-0.1, -0.05) is 12.1 Å². The lowest BCUT2D eigenvalue weighted by Crippen LogP contribution is -1.79. The van der Waals surface area contributed by atoms with Gasteiger partial charge in [-0.25, -0.2) is 4.39 Å². The maximum atomic E-state index is 13.6. The molecular formula is C11H8FNS. The van der Waals surface area contributed by atoms with Crippen LogP contribution in [0.15, 0.2) is 18.2 Å². The molecule has 1 heterocycles. The van der Waals surface area contributed by atoms with Crippen LogP contribution in [-0.2, 0) is 6.42 Å². The molecule has 0 unspecified atom stereocenters. The molecule has 14 heavy (non-hydrogen) atoms. The van der Waals surface area contributed by atoms with E-state index in [0.29, 0.717) is 16.7 Å². The molecule has 2 aromatic rings. The minimum absolute atomic E-state index is 0.156. The molecule has 0 saturated heterocycles. The molecule has 0 aliphatic rings. The molecule has 2 rings (SSSR count). The summed E-state index contributed by atoms with van der Waals surface area (Å²) in [6, 6.07) is 7.61. The number of hydrogen-bond donors (Lipinski definition) is 0. The smallest absolute Gasteiger partial charge is 0.143 e. The Kier molecular flexibility index (Phi) is 2.22. The SMILES string of the molecule is Cc1ccc2cc(CC#N)sc2c1F. The lowest BCUT2D eigenvalue weighted by molar-refractivity contribution is 0.632. The van der Waals surface area contributed by atoms with E-state index >= 15 is 0 Å². The van der Waals surface area contributed by atoms with E-state index in [9.17, 15) is 4.39 Å². The van der Waals surface area contributed by atoms with E-state index in [1.807, 2.05) is 12.1 Å². The molecule has 1 nitrogen and oxygen atoms in total. The van der Waals surface area contributed by atoms with E-state index < -0.39 is 0 Å².